The van der Waals surface area contributed by atoms with Crippen LogP contribution in [0.3, 0.4) is 0 Å². The van der Waals surface area contributed by atoms with Gasteiger partial charge in [0.2, 0.25) is 5.91 Å². The number of nitrogens with two attached hydrogens (primary N) is 1. The van der Waals surface area contributed by atoms with E-state index in [0.717, 1.165) is 35.2 Å². The molecule has 7 nitrogen and oxygen atoms in total. The van der Waals surface area contributed by atoms with Crippen molar-refractivity contribution in [2.24, 2.45) is 5.73 Å². The molecule has 0 atom stereocenters. The first kappa shape index (κ1) is 17.5. The van der Waals surface area contributed by atoms with Crippen LogP contribution < -0.4 is 16.0 Å². The highest BCUT2D eigenvalue weighted by Crippen LogP contribution is 2.33. The number of nitrogens with zero attached hydrogens (tertiary/aromatic N) is 3. The van der Waals surface area contributed by atoms with Crippen LogP contribution in [0, 0.1) is 0 Å². The van der Waals surface area contributed by atoms with Crippen LogP contribution in [0.1, 0.15) is 5.56 Å². The van der Waals surface area contributed by atoms with Crippen LogP contribution >= 0.6 is 0 Å². The number of fused-ring (bicyclic) bond motifs is 1. The van der Waals surface area contributed by atoms with Crippen LogP contribution in [0.2, 0.25) is 0 Å². The zero-order valence-electron chi connectivity index (χ0n) is 15.1. The van der Waals surface area contributed by atoms with Gasteiger partial charge in [-0.3, -0.25) is 9.48 Å². The quantitative estimate of drug-likeness (QED) is 0.720. The topological polar surface area (TPSA) is 85.4 Å². The van der Waals surface area contributed by atoms with Crippen LogP contribution in [0.5, 0.6) is 0 Å². The van der Waals surface area contributed by atoms with Gasteiger partial charge in [0.15, 0.2) is 5.82 Å². The van der Waals surface area contributed by atoms with Gasteiger partial charge in [0.1, 0.15) is 0 Å². The summed E-state index contributed by atoms with van der Waals surface area (Å²) >= 11 is 0. The molecule has 0 spiro atoms. The van der Waals surface area contributed by atoms with E-state index in [9.17, 15) is 4.79 Å². The molecule has 1 fully saturated rings. The predicted molar refractivity (Wildman–Crippen MR) is 106 cm³/mol. The normalized spacial score (nSPS) is 14.5. The van der Waals surface area contributed by atoms with Gasteiger partial charge < -0.3 is 20.7 Å². The van der Waals surface area contributed by atoms with Crippen molar-refractivity contribution in [3.8, 4) is 0 Å². The fourth-order valence-corrected chi connectivity index (χ4v) is 3.43. The van der Waals surface area contributed by atoms with Crippen LogP contribution in [0.15, 0.2) is 48.5 Å². The number of carbonyl (C=O) groups is 1. The molecule has 27 heavy (non-hydrogen) atoms. The second kappa shape index (κ2) is 7.77. The molecule has 140 valence electrons. The Morgan fingerprint density at radius 1 is 1.11 bits per heavy atom. The number of rotatable bonds is 5. The summed E-state index contributed by atoms with van der Waals surface area (Å²) in [5.41, 5.74) is 8.69. The highest BCUT2D eigenvalue weighted by atomic mass is 16.5. The number of hydrogen-bond donors (Lipinski definition) is 2. The van der Waals surface area contributed by atoms with Crippen molar-refractivity contribution in [1.29, 1.82) is 0 Å². The SMILES string of the molecule is NCC(=O)Nc1nn(Cc2ccccc2)c2cccc(N3CCOCC3)c12. The predicted octanol–water partition coefficient (Wildman–Crippen LogP) is 1.82. The molecule has 4 rings (SSSR count). The Hall–Kier alpha value is -2.90. The first-order valence-electron chi connectivity index (χ1n) is 9.12. The standard InChI is InChI=1S/C20H23N5O2/c21-13-18(26)22-20-19-16(24-9-11-27-12-10-24)7-4-8-17(19)25(23-20)14-15-5-2-1-3-6-15/h1-8H,9-14,21H2,(H,22,23,26). The number of anilines is 2. The summed E-state index contributed by atoms with van der Waals surface area (Å²) in [5, 5.41) is 8.51. The number of benzene rings is 2. The average Bonchev–Trinajstić information content (AvgIpc) is 3.06. The Balaban J connectivity index is 1.80. The lowest BCUT2D eigenvalue weighted by Gasteiger charge is -2.29. The van der Waals surface area contributed by atoms with Crippen LogP contribution in [0.25, 0.3) is 10.9 Å². The van der Waals surface area contributed by atoms with Gasteiger partial charge in [0, 0.05) is 13.1 Å². The Bertz CT molecular complexity index is 932. The molecule has 0 saturated carbocycles. The molecule has 7 heteroatoms. The molecule has 1 amide bonds. The highest BCUT2D eigenvalue weighted by molar-refractivity contribution is 6.06. The molecule has 3 aromatic rings. The number of amides is 1. The molecule has 0 radical (unpaired) electrons. The molecule has 1 aromatic heterocycles. The first-order chi connectivity index (χ1) is 13.3. The summed E-state index contributed by atoms with van der Waals surface area (Å²) in [4.78, 5) is 14.2. The Morgan fingerprint density at radius 2 is 1.89 bits per heavy atom. The van der Waals surface area contributed by atoms with Crippen LogP contribution in [-0.4, -0.2) is 48.5 Å². The van der Waals surface area contributed by atoms with Gasteiger partial charge >= 0.3 is 0 Å². The lowest BCUT2D eigenvalue weighted by atomic mass is 10.1. The summed E-state index contributed by atoms with van der Waals surface area (Å²) < 4.78 is 7.41. The molecule has 2 heterocycles. The van der Waals surface area contributed by atoms with Crippen LogP contribution in [0.4, 0.5) is 11.5 Å². The average molecular weight is 365 g/mol. The Morgan fingerprint density at radius 3 is 2.63 bits per heavy atom. The van der Waals surface area contributed by atoms with E-state index in [-0.39, 0.29) is 12.5 Å². The molecule has 0 unspecified atom stereocenters. The highest BCUT2D eigenvalue weighted by Gasteiger charge is 2.20. The van der Waals surface area contributed by atoms with E-state index in [1.54, 1.807) is 0 Å². The number of morpholine rings is 1. The summed E-state index contributed by atoms with van der Waals surface area (Å²) in [7, 11) is 0. The van der Waals surface area contributed by atoms with Crippen molar-refractivity contribution < 1.29 is 9.53 Å². The van der Waals surface area contributed by atoms with Gasteiger partial charge in [-0.1, -0.05) is 36.4 Å². The summed E-state index contributed by atoms with van der Waals surface area (Å²) in [5.74, 6) is 0.302. The van der Waals surface area contributed by atoms with E-state index in [4.69, 9.17) is 15.6 Å². The molecule has 0 bridgehead atoms. The maximum absolute atomic E-state index is 12.0. The fourth-order valence-electron chi connectivity index (χ4n) is 3.43. The van der Waals surface area contributed by atoms with Gasteiger partial charge in [-0.05, 0) is 17.7 Å². The van der Waals surface area contributed by atoms with Crippen molar-refractivity contribution in [1.82, 2.24) is 9.78 Å². The maximum Gasteiger partial charge on any atom is 0.239 e. The van der Waals surface area contributed by atoms with Gasteiger partial charge in [-0.2, -0.15) is 5.10 Å². The van der Waals surface area contributed by atoms with Gasteiger partial charge in [0.25, 0.3) is 0 Å². The third kappa shape index (κ3) is 3.65. The monoisotopic (exact) mass is 365 g/mol. The number of aromatic nitrogens is 2. The minimum absolute atomic E-state index is 0.0766. The largest absolute Gasteiger partial charge is 0.378 e. The van der Waals surface area contributed by atoms with Crippen molar-refractivity contribution in [2.75, 3.05) is 43.1 Å². The van der Waals surface area contributed by atoms with Gasteiger partial charge in [-0.15, -0.1) is 0 Å². The van der Waals surface area contributed by atoms with Crippen LogP contribution in [-0.2, 0) is 16.1 Å². The van der Waals surface area contributed by atoms with E-state index < -0.39 is 0 Å². The lowest BCUT2D eigenvalue weighted by molar-refractivity contribution is -0.114. The zero-order chi connectivity index (χ0) is 18.6. The summed E-state index contributed by atoms with van der Waals surface area (Å²) in [6.07, 6.45) is 0. The Kier molecular flexibility index (Phi) is 5.04. The Labute approximate surface area is 157 Å². The molecule has 0 aliphatic carbocycles. The molecule has 1 aliphatic rings. The summed E-state index contributed by atoms with van der Waals surface area (Å²) in [6.45, 7) is 3.56. The number of hydrogen-bond acceptors (Lipinski definition) is 5. The molecule has 3 N–H and O–H groups in total. The maximum atomic E-state index is 12.0. The van der Waals surface area contributed by atoms with Crippen molar-refractivity contribution in [2.45, 2.75) is 6.54 Å². The van der Waals surface area contributed by atoms with E-state index >= 15 is 0 Å². The zero-order valence-corrected chi connectivity index (χ0v) is 15.1. The van der Waals surface area contributed by atoms with Crippen molar-refractivity contribution >= 4 is 28.3 Å². The number of ether oxygens (including phenoxy) is 1. The molecule has 2 aromatic carbocycles. The van der Waals surface area contributed by atoms with Gasteiger partial charge in [-0.25, -0.2) is 0 Å². The third-order valence-electron chi connectivity index (χ3n) is 4.73. The second-order valence-electron chi connectivity index (χ2n) is 6.51. The molecular formula is C20H23N5O2. The molecular weight excluding hydrogens is 342 g/mol. The van der Waals surface area contributed by atoms with Gasteiger partial charge in [0.05, 0.1) is 42.9 Å². The lowest BCUT2D eigenvalue weighted by Crippen LogP contribution is -2.36. The third-order valence-corrected chi connectivity index (χ3v) is 4.73. The molecule has 1 saturated heterocycles. The van der Waals surface area contributed by atoms with Crippen molar-refractivity contribution in [3.05, 3.63) is 54.1 Å². The second-order valence-corrected chi connectivity index (χ2v) is 6.51. The molecule has 1 aliphatic heterocycles. The number of nitrogens with one attached hydrogen (secondary N) is 1. The van der Waals surface area contributed by atoms with Crippen molar-refractivity contribution in [3.63, 3.8) is 0 Å². The van der Waals surface area contributed by atoms with E-state index in [1.165, 1.54) is 0 Å². The van der Waals surface area contributed by atoms with E-state index in [0.29, 0.717) is 25.6 Å². The number of carbonyl (C=O) groups excluding carboxylic acids is 1. The summed E-state index contributed by atoms with van der Waals surface area (Å²) in [6, 6.07) is 16.3. The van der Waals surface area contributed by atoms with E-state index in [2.05, 4.69) is 28.4 Å². The fraction of sp³-hybridized carbons (Fsp3) is 0.300. The van der Waals surface area contributed by atoms with E-state index in [1.807, 2.05) is 35.0 Å². The minimum atomic E-state index is -0.252. The minimum Gasteiger partial charge on any atom is -0.378 e. The smallest absolute Gasteiger partial charge is 0.239 e. The first-order valence-corrected chi connectivity index (χ1v) is 9.12.